The molecule has 0 unspecified atom stereocenters. The van der Waals surface area contributed by atoms with Gasteiger partial charge in [-0.2, -0.15) is 4.98 Å². The molecular formula is C9H16N4O2. The minimum absolute atomic E-state index is 0.193. The van der Waals surface area contributed by atoms with Crippen LogP contribution in [0.1, 0.15) is 26.7 Å². The van der Waals surface area contributed by atoms with Gasteiger partial charge in [0.05, 0.1) is 0 Å². The van der Waals surface area contributed by atoms with Gasteiger partial charge in [-0.3, -0.25) is 0 Å². The molecule has 15 heavy (non-hydrogen) atoms. The third-order valence-corrected chi connectivity index (χ3v) is 1.52. The molecule has 0 atom stereocenters. The normalized spacial score (nSPS) is 11.1. The summed E-state index contributed by atoms with van der Waals surface area (Å²) in [6, 6.07) is -0.193. The molecule has 0 aromatic carbocycles. The van der Waals surface area contributed by atoms with Gasteiger partial charge in [-0.15, -0.1) is 0 Å². The van der Waals surface area contributed by atoms with Crippen LogP contribution in [-0.2, 0) is 6.42 Å². The smallest absolute Gasteiger partial charge is 0.315 e. The third kappa shape index (κ3) is 4.99. The summed E-state index contributed by atoms with van der Waals surface area (Å²) in [6.07, 6.45) is 1.88. The number of aromatic nitrogens is 2. The Kier molecular flexibility index (Phi) is 3.65. The van der Waals surface area contributed by atoms with Crippen LogP contribution >= 0.6 is 0 Å². The van der Waals surface area contributed by atoms with Crippen molar-refractivity contribution in [1.82, 2.24) is 20.8 Å². The van der Waals surface area contributed by atoms with Gasteiger partial charge in [0.25, 0.3) is 0 Å². The molecule has 1 heterocycles. The average molecular weight is 212 g/mol. The van der Waals surface area contributed by atoms with Crippen molar-refractivity contribution >= 4 is 6.03 Å². The Morgan fingerprint density at radius 2 is 2.27 bits per heavy atom. The molecule has 2 N–H and O–H groups in total. The number of nitrogens with zero attached hydrogens (tertiary/aromatic N) is 2. The maximum absolute atomic E-state index is 11.3. The second-order valence-electron chi connectivity index (χ2n) is 4.22. The van der Waals surface area contributed by atoms with Crippen molar-refractivity contribution in [3.8, 4) is 0 Å². The molecule has 0 spiro atoms. The molecule has 6 heteroatoms. The zero-order valence-electron chi connectivity index (χ0n) is 9.20. The van der Waals surface area contributed by atoms with Crippen LogP contribution in [0, 0.1) is 0 Å². The predicted molar refractivity (Wildman–Crippen MR) is 54.3 cm³/mol. The first-order chi connectivity index (χ1) is 6.97. The number of urea groups is 1. The number of carbonyl (C=O) groups excluding carboxylic acids is 1. The molecule has 1 rings (SSSR count). The van der Waals surface area contributed by atoms with Crippen LogP contribution in [0.2, 0.25) is 0 Å². The van der Waals surface area contributed by atoms with Crippen molar-refractivity contribution in [1.29, 1.82) is 0 Å². The van der Waals surface area contributed by atoms with Crippen LogP contribution in [0.3, 0.4) is 0 Å². The fourth-order valence-electron chi connectivity index (χ4n) is 0.974. The summed E-state index contributed by atoms with van der Waals surface area (Å²) in [4.78, 5) is 15.1. The molecule has 0 aliphatic rings. The minimum atomic E-state index is -0.228. The number of nitrogens with one attached hydrogen (secondary N) is 2. The van der Waals surface area contributed by atoms with E-state index in [0.717, 1.165) is 0 Å². The summed E-state index contributed by atoms with van der Waals surface area (Å²) < 4.78 is 4.78. The second kappa shape index (κ2) is 4.77. The van der Waals surface area contributed by atoms with Crippen LogP contribution < -0.4 is 10.6 Å². The lowest BCUT2D eigenvalue weighted by atomic mass is 10.1. The van der Waals surface area contributed by atoms with Gasteiger partial charge in [0.1, 0.15) is 0 Å². The molecule has 0 radical (unpaired) electrons. The number of rotatable bonds is 3. The van der Waals surface area contributed by atoms with Gasteiger partial charge in [-0.05, 0) is 20.8 Å². The van der Waals surface area contributed by atoms with E-state index in [1.165, 1.54) is 6.33 Å². The van der Waals surface area contributed by atoms with E-state index in [0.29, 0.717) is 18.9 Å². The largest absolute Gasteiger partial charge is 0.340 e. The molecule has 0 fully saturated rings. The quantitative estimate of drug-likeness (QED) is 0.773. The zero-order chi connectivity index (χ0) is 11.3. The van der Waals surface area contributed by atoms with Gasteiger partial charge < -0.3 is 15.2 Å². The topological polar surface area (TPSA) is 80.0 Å². The van der Waals surface area contributed by atoms with E-state index in [2.05, 4.69) is 20.8 Å². The number of hydrogen-bond acceptors (Lipinski definition) is 4. The van der Waals surface area contributed by atoms with Crippen molar-refractivity contribution in [2.75, 3.05) is 6.54 Å². The summed E-state index contributed by atoms with van der Waals surface area (Å²) in [5.74, 6) is 0.519. The van der Waals surface area contributed by atoms with Gasteiger partial charge in [-0.1, -0.05) is 5.16 Å². The van der Waals surface area contributed by atoms with E-state index in [-0.39, 0.29) is 11.6 Å². The van der Waals surface area contributed by atoms with Crippen molar-refractivity contribution in [3.05, 3.63) is 12.2 Å². The lowest BCUT2D eigenvalue weighted by Crippen LogP contribution is -2.46. The highest BCUT2D eigenvalue weighted by atomic mass is 16.5. The zero-order valence-corrected chi connectivity index (χ0v) is 9.20. The molecule has 0 aliphatic heterocycles. The maximum Gasteiger partial charge on any atom is 0.315 e. The molecule has 1 aromatic rings. The fraction of sp³-hybridized carbons (Fsp3) is 0.667. The van der Waals surface area contributed by atoms with Crippen LogP contribution in [0.25, 0.3) is 0 Å². The van der Waals surface area contributed by atoms with Crippen molar-refractivity contribution < 1.29 is 9.32 Å². The van der Waals surface area contributed by atoms with Gasteiger partial charge in [0.15, 0.2) is 6.33 Å². The van der Waals surface area contributed by atoms with Gasteiger partial charge in [-0.25, -0.2) is 4.79 Å². The van der Waals surface area contributed by atoms with Crippen LogP contribution in [0.15, 0.2) is 10.9 Å². The molecule has 0 saturated heterocycles. The van der Waals surface area contributed by atoms with Crippen molar-refractivity contribution in [2.45, 2.75) is 32.7 Å². The molecule has 0 bridgehead atoms. The Hall–Kier alpha value is -1.59. The molecule has 6 nitrogen and oxygen atoms in total. The van der Waals surface area contributed by atoms with Gasteiger partial charge in [0.2, 0.25) is 5.89 Å². The first kappa shape index (κ1) is 11.5. The summed E-state index contributed by atoms with van der Waals surface area (Å²) in [6.45, 7) is 6.24. The first-order valence-electron chi connectivity index (χ1n) is 4.79. The number of hydrogen-bond donors (Lipinski definition) is 2. The molecular weight excluding hydrogens is 196 g/mol. The molecule has 84 valence electrons. The summed E-state index contributed by atoms with van der Waals surface area (Å²) >= 11 is 0. The summed E-state index contributed by atoms with van der Waals surface area (Å²) in [7, 11) is 0. The van der Waals surface area contributed by atoms with Crippen LogP contribution in [0.5, 0.6) is 0 Å². The Labute approximate surface area is 88.4 Å². The Morgan fingerprint density at radius 3 is 2.80 bits per heavy atom. The number of carbonyl (C=O) groups is 1. The predicted octanol–water partition coefficient (Wildman–Crippen LogP) is 0.710. The van der Waals surface area contributed by atoms with Gasteiger partial charge in [0, 0.05) is 18.5 Å². The van der Waals surface area contributed by atoms with Crippen molar-refractivity contribution in [2.24, 2.45) is 0 Å². The standard InChI is InChI=1S/C9H16N4O2/c1-9(2,3)13-8(14)10-5-4-7-11-6-12-15-7/h6H,4-5H2,1-3H3,(H2,10,13,14). The van der Waals surface area contributed by atoms with E-state index in [9.17, 15) is 4.79 Å². The maximum atomic E-state index is 11.3. The molecule has 0 saturated carbocycles. The SMILES string of the molecule is CC(C)(C)NC(=O)NCCc1ncno1. The number of amides is 2. The van der Waals surface area contributed by atoms with Gasteiger partial charge >= 0.3 is 6.03 Å². The summed E-state index contributed by atoms with van der Waals surface area (Å²) in [5.41, 5.74) is -0.228. The summed E-state index contributed by atoms with van der Waals surface area (Å²) in [5, 5.41) is 8.95. The van der Waals surface area contributed by atoms with E-state index in [1.807, 2.05) is 20.8 Å². The van der Waals surface area contributed by atoms with Crippen LogP contribution in [-0.4, -0.2) is 28.3 Å². The van der Waals surface area contributed by atoms with E-state index in [4.69, 9.17) is 4.52 Å². The van der Waals surface area contributed by atoms with Crippen molar-refractivity contribution in [3.63, 3.8) is 0 Å². The van der Waals surface area contributed by atoms with Crippen LogP contribution in [0.4, 0.5) is 4.79 Å². The van der Waals surface area contributed by atoms with E-state index < -0.39 is 0 Å². The first-order valence-corrected chi connectivity index (χ1v) is 4.79. The Bertz CT molecular complexity index is 302. The Balaban J connectivity index is 2.18. The molecule has 0 aliphatic carbocycles. The lowest BCUT2D eigenvalue weighted by molar-refractivity contribution is 0.232. The second-order valence-corrected chi connectivity index (χ2v) is 4.22. The molecule has 1 aromatic heterocycles. The third-order valence-electron chi connectivity index (χ3n) is 1.52. The monoisotopic (exact) mass is 212 g/mol. The highest BCUT2D eigenvalue weighted by Crippen LogP contribution is 1.97. The molecule has 2 amide bonds. The minimum Gasteiger partial charge on any atom is -0.340 e. The Morgan fingerprint density at radius 1 is 1.53 bits per heavy atom. The highest BCUT2D eigenvalue weighted by molar-refractivity contribution is 5.74. The average Bonchev–Trinajstić information content (AvgIpc) is 2.53. The highest BCUT2D eigenvalue weighted by Gasteiger charge is 2.12. The van der Waals surface area contributed by atoms with E-state index >= 15 is 0 Å². The lowest BCUT2D eigenvalue weighted by Gasteiger charge is -2.20. The fourth-order valence-corrected chi connectivity index (χ4v) is 0.974. The van der Waals surface area contributed by atoms with E-state index in [1.54, 1.807) is 0 Å².